The summed E-state index contributed by atoms with van der Waals surface area (Å²) in [5.41, 5.74) is 0. The van der Waals surface area contributed by atoms with Gasteiger partial charge in [0.05, 0.1) is 32.2 Å². The summed E-state index contributed by atoms with van der Waals surface area (Å²) in [6.45, 7) is -6.70. The van der Waals surface area contributed by atoms with Gasteiger partial charge in [0, 0.05) is 0 Å². The van der Waals surface area contributed by atoms with E-state index in [4.69, 9.17) is 5.11 Å². The van der Waals surface area contributed by atoms with Gasteiger partial charge in [0.2, 0.25) is 0 Å². The Bertz CT molecular complexity index is 1260. The van der Waals surface area contributed by atoms with E-state index in [1.807, 2.05) is 0 Å². The second-order valence-electron chi connectivity index (χ2n) is 10.3. The average Bonchev–Trinajstić information content (AvgIpc) is 2.89. The summed E-state index contributed by atoms with van der Waals surface area (Å²) in [7, 11) is -5.95. The Kier molecular flexibility index (Phi) is 16.2. The molecule has 0 fully saturated rings. The lowest BCUT2D eigenvalue weighted by Crippen LogP contribution is -2.54. The van der Waals surface area contributed by atoms with Gasteiger partial charge in [-0.2, -0.15) is 69.9 Å². The number of hydrogen-bond acceptors (Lipinski definition) is 11. The van der Waals surface area contributed by atoms with E-state index in [0.29, 0.717) is 13.8 Å². The van der Waals surface area contributed by atoms with Crippen molar-refractivity contribution in [1.29, 1.82) is 0 Å². The Morgan fingerprint density at radius 1 is 0.620 bits per heavy atom. The van der Waals surface area contributed by atoms with Crippen LogP contribution in [-0.4, -0.2) is 129 Å². The Morgan fingerprint density at radius 2 is 0.980 bits per heavy atom. The lowest BCUT2D eigenvalue weighted by molar-refractivity contribution is -0.361. The molecule has 0 radical (unpaired) electrons. The minimum Gasteiger partial charge on any atom is -0.460 e. The number of aliphatic hydroxyl groups is 1. The van der Waals surface area contributed by atoms with Gasteiger partial charge in [-0.05, 0) is 20.8 Å². The predicted molar refractivity (Wildman–Crippen MR) is 131 cm³/mol. The highest BCUT2D eigenvalue weighted by molar-refractivity contribution is 7.87. The number of carbonyl (C=O) groups is 3. The summed E-state index contributed by atoms with van der Waals surface area (Å²) in [6.07, 6.45) is -20.5. The fraction of sp³-hybridized carbons (Fsp3) is 0.870. The van der Waals surface area contributed by atoms with Crippen LogP contribution in [-0.2, 0) is 48.2 Å². The van der Waals surface area contributed by atoms with Crippen LogP contribution in [0.2, 0.25) is 0 Å². The largest absolute Gasteiger partial charge is 0.460 e. The summed E-state index contributed by atoms with van der Waals surface area (Å²) < 4.78 is 235. The molecule has 27 heteroatoms. The molecule has 5 unspecified atom stereocenters. The van der Waals surface area contributed by atoms with Gasteiger partial charge in [-0.15, -0.1) is 0 Å². The van der Waals surface area contributed by atoms with Gasteiger partial charge in [0.1, 0.15) is 31.5 Å². The standard InChI is InChI=1S/C23H28F14O12S/c1-10(5-38)47-14(39)4-13(16(40)48-11(2)6-45-8-18(24,25)20(28,29)22(32,33)34)15(50(42,43)44)17(41)49-12(3)7-46-9-19(26,27)21(30,31)23(35,36)37/h10-13,15,38H,4-9H2,1-3H3,(H,42,43,44). The summed E-state index contributed by atoms with van der Waals surface area (Å²) in [4.78, 5) is 37.8. The van der Waals surface area contributed by atoms with Crippen molar-refractivity contribution in [3.8, 4) is 0 Å². The highest BCUT2D eigenvalue weighted by atomic mass is 32.2. The zero-order valence-corrected chi connectivity index (χ0v) is 26.1. The third kappa shape index (κ3) is 12.8. The molecular weight excluding hydrogens is 766 g/mol. The van der Waals surface area contributed by atoms with Gasteiger partial charge >= 0.3 is 54.0 Å². The highest BCUT2D eigenvalue weighted by Crippen LogP contribution is 2.47. The maximum absolute atomic E-state index is 13.4. The molecule has 0 aliphatic rings. The first-order valence-electron chi connectivity index (χ1n) is 13.1. The lowest BCUT2D eigenvalue weighted by Gasteiger charge is -2.29. The minimum atomic E-state index is -6.74. The molecule has 5 atom stereocenters. The molecule has 12 nitrogen and oxygen atoms in total. The monoisotopic (exact) mass is 794 g/mol. The molecule has 0 aliphatic carbocycles. The number of hydrogen-bond donors (Lipinski definition) is 2. The number of carbonyl (C=O) groups excluding carboxylic acids is 3. The Labute approximate surface area is 272 Å². The lowest BCUT2D eigenvalue weighted by atomic mass is 10.0. The third-order valence-electron chi connectivity index (χ3n) is 5.73. The molecule has 0 bridgehead atoms. The first kappa shape index (κ1) is 47.2. The minimum absolute atomic E-state index is 0.640. The van der Waals surface area contributed by atoms with Crippen LogP contribution in [0.5, 0.6) is 0 Å². The number of alkyl halides is 14. The van der Waals surface area contributed by atoms with Crippen molar-refractivity contribution in [2.45, 2.75) is 86.8 Å². The zero-order valence-electron chi connectivity index (χ0n) is 25.3. The maximum atomic E-state index is 13.4. The number of aliphatic hydroxyl groups excluding tert-OH is 1. The van der Waals surface area contributed by atoms with Crippen LogP contribution >= 0.6 is 0 Å². The Hall–Kier alpha value is -2.78. The van der Waals surface area contributed by atoms with Crippen LogP contribution in [0.15, 0.2) is 0 Å². The molecule has 0 rings (SSSR count). The summed E-state index contributed by atoms with van der Waals surface area (Å²) in [5, 5.41) is 5.73. The first-order chi connectivity index (χ1) is 22.2. The Balaban J connectivity index is 6.02. The van der Waals surface area contributed by atoms with Crippen molar-refractivity contribution in [3.63, 3.8) is 0 Å². The van der Waals surface area contributed by atoms with Crippen LogP contribution in [0, 0.1) is 5.92 Å². The topological polar surface area (TPSA) is 172 Å². The predicted octanol–water partition coefficient (Wildman–Crippen LogP) is 3.74. The van der Waals surface area contributed by atoms with E-state index in [9.17, 15) is 88.8 Å². The van der Waals surface area contributed by atoms with Gasteiger partial charge in [0.25, 0.3) is 10.1 Å². The van der Waals surface area contributed by atoms with Gasteiger partial charge in [-0.1, -0.05) is 0 Å². The number of esters is 3. The molecule has 0 aliphatic heterocycles. The molecule has 50 heavy (non-hydrogen) atoms. The van der Waals surface area contributed by atoms with Crippen molar-refractivity contribution < 1.29 is 118 Å². The molecule has 0 amide bonds. The molecule has 296 valence electrons. The van der Waals surface area contributed by atoms with Gasteiger partial charge in [-0.25, -0.2) is 0 Å². The van der Waals surface area contributed by atoms with E-state index < -0.39 is 133 Å². The van der Waals surface area contributed by atoms with E-state index in [0.717, 1.165) is 6.92 Å². The number of ether oxygens (including phenoxy) is 5. The second kappa shape index (κ2) is 17.2. The zero-order chi connectivity index (χ0) is 39.9. The highest BCUT2D eigenvalue weighted by Gasteiger charge is 2.74. The molecule has 0 saturated heterocycles. The molecule has 0 aromatic heterocycles. The molecular formula is C23H28F14O12S. The van der Waals surface area contributed by atoms with Crippen molar-refractivity contribution in [1.82, 2.24) is 0 Å². The summed E-state index contributed by atoms with van der Waals surface area (Å²) in [5.74, 6) is -33.7. The van der Waals surface area contributed by atoms with Crippen LogP contribution in [0.25, 0.3) is 0 Å². The van der Waals surface area contributed by atoms with Gasteiger partial charge in [0.15, 0.2) is 5.25 Å². The van der Waals surface area contributed by atoms with Crippen molar-refractivity contribution >= 4 is 28.0 Å². The molecule has 2 N–H and O–H groups in total. The van der Waals surface area contributed by atoms with Crippen molar-refractivity contribution in [2.75, 3.05) is 33.0 Å². The smallest absolute Gasteiger partial charge is 0.459 e. The van der Waals surface area contributed by atoms with E-state index in [2.05, 4.69) is 23.7 Å². The van der Waals surface area contributed by atoms with E-state index in [1.54, 1.807) is 0 Å². The maximum Gasteiger partial charge on any atom is 0.459 e. The molecule has 0 aromatic carbocycles. The number of rotatable bonds is 20. The SMILES string of the molecule is CC(CO)OC(=O)CC(C(=O)OC(C)COCC(F)(F)C(F)(F)C(F)(F)F)C(C(=O)OC(C)COCC(F)(F)C(F)(F)C(F)(F)F)S(=O)(=O)O. The van der Waals surface area contributed by atoms with Crippen LogP contribution in [0.3, 0.4) is 0 Å². The molecule has 0 heterocycles. The van der Waals surface area contributed by atoms with Gasteiger partial charge < -0.3 is 28.8 Å². The third-order valence-corrected chi connectivity index (χ3v) is 6.90. The molecule has 0 saturated carbocycles. The van der Waals surface area contributed by atoms with E-state index in [1.165, 1.54) is 0 Å². The van der Waals surface area contributed by atoms with Crippen molar-refractivity contribution in [2.24, 2.45) is 5.92 Å². The van der Waals surface area contributed by atoms with Gasteiger partial charge in [-0.3, -0.25) is 18.9 Å². The van der Waals surface area contributed by atoms with Crippen LogP contribution in [0.4, 0.5) is 61.5 Å². The summed E-state index contributed by atoms with van der Waals surface area (Å²) >= 11 is 0. The first-order valence-corrected chi connectivity index (χ1v) is 14.6. The quantitative estimate of drug-likeness (QED) is 0.0794. The molecule has 0 aromatic rings. The number of halogens is 14. The fourth-order valence-corrected chi connectivity index (χ4v) is 4.14. The average molecular weight is 795 g/mol. The molecule has 0 spiro atoms. The van der Waals surface area contributed by atoms with Crippen molar-refractivity contribution in [3.05, 3.63) is 0 Å². The van der Waals surface area contributed by atoms with E-state index in [-0.39, 0.29) is 0 Å². The van der Waals surface area contributed by atoms with Crippen LogP contribution < -0.4 is 0 Å². The second-order valence-corrected chi connectivity index (χ2v) is 11.8. The Morgan fingerprint density at radius 3 is 1.30 bits per heavy atom. The van der Waals surface area contributed by atoms with E-state index >= 15 is 0 Å². The normalized spacial score (nSPS) is 16.9. The summed E-state index contributed by atoms with van der Waals surface area (Å²) in [6, 6.07) is 0. The fourth-order valence-electron chi connectivity index (χ4n) is 3.22. The van der Waals surface area contributed by atoms with Crippen LogP contribution in [0.1, 0.15) is 27.2 Å².